The molecular formula is C57H44N2. The quantitative estimate of drug-likeness (QED) is 0.170. The molecule has 1 aromatic heterocycles. The average Bonchev–Trinajstić information content (AvgIpc) is 3.89. The maximum atomic E-state index is 2.57. The second kappa shape index (κ2) is 11.6. The summed E-state index contributed by atoms with van der Waals surface area (Å²) >= 11 is 0. The molecule has 0 aliphatic heterocycles. The molecule has 0 saturated heterocycles. The summed E-state index contributed by atoms with van der Waals surface area (Å²) in [6, 6.07) is 68.5. The van der Waals surface area contributed by atoms with Gasteiger partial charge in [0, 0.05) is 38.6 Å². The van der Waals surface area contributed by atoms with Gasteiger partial charge in [0.15, 0.2) is 0 Å². The Morgan fingerprint density at radius 3 is 2.10 bits per heavy atom. The Labute approximate surface area is 345 Å². The van der Waals surface area contributed by atoms with Crippen LogP contribution in [0, 0.1) is 29.1 Å². The van der Waals surface area contributed by atoms with Gasteiger partial charge >= 0.3 is 0 Å². The van der Waals surface area contributed by atoms with E-state index in [2.05, 4.69) is 191 Å². The van der Waals surface area contributed by atoms with Crippen LogP contribution in [0.15, 0.2) is 182 Å². The van der Waals surface area contributed by atoms with Crippen molar-refractivity contribution in [2.45, 2.75) is 37.5 Å². The van der Waals surface area contributed by atoms with Crippen LogP contribution in [-0.2, 0) is 5.41 Å². The van der Waals surface area contributed by atoms with Crippen molar-refractivity contribution in [3.05, 3.63) is 193 Å². The molecule has 3 bridgehead atoms. The van der Waals surface area contributed by atoms with Gasteiger partial charge in [0.25, 0.3) is 0 Å². The molecule has 6 unspecified atom stereocenters. The highest BCUT2D eigenvalue weighted by Gasteiger charge is 2.76. The minimum atomic E-state index is 0.215. The summed E-state index contributed by atoms with van der Waals surface area (Å²) in [6.07, 6.45) is 7.35. The molecule has 5 aliphatic carbocycles. The first kappa shape index (κ1) is 32.6. The molecule has 8 aromatic carbocycles. The maximum absolute atomic E-state index is 2.57. The standard InChI is InChI=1S/C57H44N2/c1-2-13-42(14-3-1)59-53-19-9-7-17-47(53)48-27-26-44(33-54(48)59)58(52-20-10-12-38-11-4-5-15-45(38)52)43-24-21-37(22-25-43)39-23-28-51-49(31-39)46-16-6-8-18-50(46)57(51)41-30-36-29-40-32-55(57)56(40,34-36)35-41/h1-28,31,33,36,40-41,55H,29-30,32,34-35H2. The molecule has 4 saturated carbocycles. The fourth-order valence-corrected chi connectivity index (χ4v) is 14.3. The molecule has 0 N–H and O–H groups in total. The first-order chi connectivity index (χ1) is 29.2. The van der Waals surface area contributed by atoms with Crippen LogP contribution in [0.4, 0.5) is 17.1 Å². The fourth-order valence-electron chi connectivity index (χ4n) is 14.3. The molecule has 2 heteroatoms. The van der Waals surface area contributed by atoms with E-state index in [-0.39, 0.29) is 5.41 Å². The van der Waals surface area contributed by atoms with E-state index in [9.17, 15) is 0 Å². The summed E-state index contributed by atoms with van der Waals surface area (Å²) in [7, 11) is 0. The van der Waals surface area contributed by atoms with Gasteiger partial charge in [0.2, 0.25) is 0 Å². The average molecular weight is 757 g/mol. The van der Waals surface area contributed by atoms with E-state index in [0.717, 1.165) is 35.0 Å². The summed E-state index contributed by atoms with van der Waals surface area (Å²) in [5, 5.41) is 4.99. The number of nitrogens with zero attached hydrogens (tertiary/aromatic N) is 2. The number of anilines is 3. The molecule has 0 amide bonds. The molecule has 14 rings (SSSR count). The van der Waals surface area contributed by atoms with E-state index in [1.165, 1.54) is 98.3 Å². The van der Waals surface area contributed by atoms with Gasteiger partial charge in [-0.05, 0) is 155 Å². The Bertz CT molecular complexity index is 3190. The van der Waals surface area contributed by atoms with Crippen LogP contribution < -0.4 is 4.90 Å². The summed E-state index contributed by atoms with van der Waals surface area (Å²) < 4.78 is 2.42. The van der Waals surface area contributed by atoms with E-state index in [1.54, 1.807) is 11.1 Å². The summed E-state index contributed by atoms with van der Waals surface area (Å²) in [5.74, 6) is 3.56. The Hall–Kier alpha value is -6.38. The highest BCUT2D eigenvalue weighted by Crippen LogP contribution is 2.83. The second-order valence-electron chi connectivity index (χ2n) is 18.6. The van der Waals surface area contributed by atoms with E-state index in [1.807, 2.05) is 0 Å². The first-order valence-electron chi connectivity index (χ1n) is 21.9. The number of rotatable bonds is 5. The van der Waals surface area contributed by atoms with Gasteiger partial charge in [-0.2, -0.15) is 0 Å². The van der Waals surface area contributed by atoms with E-state index < -0.39 is 0 Å². The number of aromatic nitrogens is 1. The predicted molar refractivity (Wildman–Crippen MR) is 244 cm³/mol. The number of fused-ring (bicyclic) bond motifs is 13. The van der Waals surface area contributed by atoms with Crippen molar-refractivity contribution < 1.29 is 0 Å². The van der Waals surface area contributed by atoms with Crippen LogP contribution in [0.1, 0.15) is 43.2 Å². The van der Waals surface area contributed by atoms with Crippen molar-refractivity contribution in [2.24, 2.45) is 29.1 Å². The number of benzene rings is 8. The molecule has 2 nitrogen and oxygen atoms in total. The maximum Gasteiger partial charge on any atom is 0.0561 e. The molecule has 282 valence electrons. The molecule has 6 atom stereocenters. The molecule has 2 spiro atoms. The Balaban J connectivity index is 0.908. The number of hydrogen-bond acceptors (Lipinski definition) is 1. The molecule has 5 aliphatic rings. The van der Waals surface area contributed by atoms with Crippen molar-refractivity contribution in [2.75, 3.05) is 4.90 Å². The summed E-state index contributed by atoms with van der Waals surface area (Å²) in [5.41, 5.74) is 16.7. The van der Waals surface area contributed by atoms with Gasteiger partial charge in [0.05, 0.1) is 16.7 Å². The van der Waals surface area contributed by atoms with Gasteiger partial charge in [-0.25, -0.2) is 0 Å². The predicted octanol–water partition coefficient (Wildman–Crippen LogP) is 14.8. The zero-order chi connectivity index (χ0) is 38.5. The fraction of sp³-hybridized carbons (Fsp3) is 0.193. The molecule has 1 heterocycles. The normalized spacial score (nSPS) is 25.4. The Morgan fingerprint density at radius 2 is 1.19 bits per heavy atom. The van der Waals surface area contributed by atoms with Gasteiger partial charge in [-0.1, -0.05) is 127 Å². The Kier molecular flexibility index (Phi) is 6.42. The van der Waals surface area contributed by atoms with Gasteiger partial charge in [-0.15, -0.1) is 0 Å². The van der Waals surface area contributed by atoms with Crippen LogP contribution in [-0.4, -0.2) is 4.57 Å². The van der Waals surface area contributed by atoms with Gasteiger partial charge in [-0.3, -0.25) is 0 Å². The zero-order valence-corrected chi connectivity index (χ0v) is 33.1. The lowest BCUT2D eigenvalue weighted by molar-refractivity contribution is -0.0193. The number of para-hydroxylation sites is 2. The van der Waals surface area contributed by atoms with Crippen LogP contribution in [0.5, 0.6) is 0 Å². The largest absolute Gasteiger partial charge is 0.310 e. The first-order valence-corrected chi connectivity index (χ1v) is 21.9. The molecule has 9 aromatic rings. The van der Waals surface area contributed by atoms with Crippen LogP contribution in [0.3, 0.4) is 0 Å². The SMILES string of the molecule is c1ccc(-n2c3ccccc3c3ccc(N(c4ccc(-c5ccc6c(c5)-c5ccccc5C65C6CC7CC8CC5C8(C7)C6)cc4)c4cccc5ccccc45)cc32)cc1. The van der Waals surface area contributed by atoms with Gasteiger partial charge in [0.1, 0.15) is 0 Å². The third-order valence-corrected chi connectivity index (χ3v) is 16.3. The third-order valence-electron chi connectivity index (χ3n) is 16.3. The zero-order valence-electron chi connectivity index (χ0n) is 33.1. The lowest BCUT2D eigenvalue weighted by Gasteiger charge is -2.54. The highest BCUT2D eigenvalue weighted by atomic mass is 15.1. The van der Waals surface area contributed by atoms with Crippen LogP contribution in [0.25, 0.3) is 60.5 Å². The smallest absolute Gasteiger partial charge is 0.0561 e. The third kappa shape index (κ3) is 4.17. The lowest BCUT2D eigenvalue weighted by atomic mass is 9.49. The van der Waals surface area contributed by atoms with E-state index in [4.69, 9.17) is 0 Å². The second-order valence-corrected chi connectivity index (χ2v) is 18.6. The molecule has 59 heavy (non-hydrogen) atoms. The lowest BCUT2D eigenvalue weighted by Crippen LogP contribution is -2.50. The van der Waals surface area contributed by atoms with E-state index >= 15 is 0 Å². The monoisotopic (exact) mass is 756 g/mol. The number of hydrogen-bond donors (Lipinski definition) is 0. The summed E-state index contributed by atoms with van der Waals surface area (Å²) in [6.45, 7) is 0. The molecule has 0 radical (unpaired) electrons. The molecular weight excluding hydrogens is 713 g/mol. The minimum Gasteiger partial charge on any atom is -0.310 e. The van der Waals surface area contributed by atoms with Gasteiger partial charge < -0.3 is 9.47 Å². The highest BCUT2D eigenvalue weighted by molar-refractivity contribution is 6.11. The van der Waals surface area contributed by atoms with Crippen molar-refractivity contribution in [1.82, 2.24) is 4.57 Å². The molecule has 4 fully saturated rings. The topological polar surface area (TPSA) is 8.17 Å². The van der Waals surface area contributed by atoms with Crippen molar-refractivity contribution >= 4 is 49.6 Å². The summed E-state index contributed by atoms with van der Waals surface area (Å²) in [4.78, 5) is 2.46. The van der Waals surface area contributed by atoms with Crippen molar-refractivity contribution in [3.63, 3.8) is 0 Å². The van der Waals surface area contributed by atoms with Crippen LogP contribution in [0.2, 0.25) is 0 Å². The van der Waals surface area contributed by atoms with Crippen molar-refractivity contribution in [3.8, 4) is 27.9 Å². The van der Waals surface area contributed by atoms with Crippen LogP contribution >= 0.6 is 0 Å². The Morgan fingerprint density at radius 1 is 0.475 bits per heavy atom. The van der Waals surface area contributed by atoms with Crippen molar-refractivity contribution in [1.29, 1.82) is 0 Å². The minimum absolute atomic E-state index is 0.215. The van der Waals surface area contributed by atoms with E-state index in [0.29, 0.717) is 5.41 Å².